The van der Waals surface area contributed by atoms with Gasteiger partial charge in [0.25, 0.3) is 0 Å². The predicted molar refractivity (Wildman–Crippen MR) is 50.9 cm³/mol. The molecule has 8 nitrogen and oxygen atoms in total. The maximum atomic E-state index is 10.5. The van der Waals surface area contributed by atoms with Crippen LogP contribution in [0.4, 0.5) is 5.69 Å². The van der Waals surface area contributed by atoms with E-state index in [4.69, 9.17) is 0 Å². The van der Waals surface area contributed by atoms with E-state index in [1.54, 1.807) is 0 Å². The number of anilines is 1. The SMILES string of the molecule is O=S(=O)([O-])NNc1ccc(S(=O)(=O)[O-])cc1.[Na+].[Na+]. The van der Waals surface area contributed by atoms with Crippen LogP contribution >= 0.6 is 0 Å². The standard InChI is InChI=1S/C6H8N2O6S2.2Na/c9-15(10,11)6-3-1-5(2-4-6)7-8-16(12,13)14;;/h1-4,7-8H,(H,9,10,11)(H,12,13,14);;/q;2*+1/p-2. The van der Waals surface area contributed by atoms with Gasteiger partial charge in [-0.15, -0.1) is 4.83 Å². The summed E-state index contributed by atoms with van der Waals surface area (Å²) < 4.78 is 62.0. The zero-order valence-electron chi connectivity index (χ0n) is 9.58. The first kappa shape index (κ1) is 21.1. The van der Waals surface area contributed by atoms with E-state index in [2.05, 4.69) is 0 Å². The molecule has 1 aromatic rings. The molecule has 1 rings (SSSR count). The Morgan fingerprint density at radius 3 is 1.67 bits per heavy atom. The summed E-state index contributed by atoms with van der Waals surface area (Å²) in [6.45, 7) is 0. The molecule has 0 unspecified atom stereocenters. The number of benzene rings is 1. The van der Waals surface area contributed by atoms with E-state index in [1.165, 1.54) is 4.83 Å². The van der Waals surface area contributed by atoms with Crippen LogP contribution in [0.2, 0.25) is 0 Å². The summed E-state index contributed by atoms with van der Waals surface area (Å²) in [5.41, 5.74) is 2.13. The molecule has 0 aliphatic carbocycles. The van der Waals surface area contributed by atoms with Gasteiger partial charge in [-0.3, -0.25) is 0 Å². The summed E-state index contributed by atoms with van der Waals surface area (Å²) >= 11 is 0. The zero-order chi connectivity index (χ0) is 12.4. The quantitative estimate of drug-likeness (QED) is 0.320. The molecule has 0 bridgehead atoms. The molecule has 0 aliphatic rings. The summed E-state index contributed by atoms with van der Waals surface area (Å²) in [7, 11) is -9.19. The summed E-state index contributed by atoms with van der Waals surface area (Å²) in [6, 6.07) is 4.21. The van der Waals surface area contributed by atoms with Crippen LogP contribution < -0.4 is 69.4 Å². The van der Waals surface area contributed by atoms with Gasteiger partial charge < -0.3 is 14.5 Å². The van der Waals surface area contributed by atoms with E-state index in [0.29, 0.717) is 0 Å². The van der Waals surface area contributed by atoms with Gasteiger partial charge in [-0.2, -0.15) is 0 Å². The monoisotopic (exact) mass is 312 g/mol. The van der Waals surface area contributed by atoms with Crippen LogP contribution in [0.25, 0.3) is 0 Å². The van der Waals surface area contributed by atoms with Crippen LogP contribution in [-0.2, 0) is 20.4 Å². The average Bonchev–Trinajstić information content (AvgIpc) is 2.13. The van der Waals surface area contributed by atoms with Crippen molar-refractivity contribution in [1.82, 2.24) is 4.83 Å². The van der Waals surface area contributed by atoms with Crippen molar-refractivity contribution in [3.05, 3.63) is 24.3 Å². The minimum Gasteiger partial charge on any atom is -0.744 e. The second kappa shape index (κ2) is 8.17. The minimum absolute atomic E-state index is 0. The molecule has 90 valence electrons. The molecule has 2 N–H and O–H groups in total. The summed E-state index contributed by atoms with van der Waals surface area (Å²) in [6.07, 6.45) is 0. The molecule has 0 aliphatic heterocycles. The Bertz CT molecular complexity index is 571. The van der Waals surface area contributed by atoms with E-state index in [0.717, 1.165) is 24.3 Å². The van der Waals surface area contributed by atoms with Crippen LogP contribution in [0.5, 0.6) is 0 Å². The van der Waals surface area contributed by atoms with Crippen molar-refractivity contribution in [2.75, 3.05) is 5.43 Å². The Balaban J connectivity index is 0. The molecule has 0 spiro atoms. The molecule has 0 saturated heterocycles. The van der Waals surface area contributed by atoms with Crippen LogP contribution in [0, 0.1) is 0 Å². The van der Waals surface area contributed by atoms with E-state index in [1.807, 2.05) is 5.43 Å². The first-order valence-electron chi connectivity index (χ1n) is 3.73. The van der Waals surface area contributed by atoms with Gasteiger partial charge in [-0.1, -0.05) is 0 Å². The molecule has 1 aromatic carbocycles. The molecule has 0 fully saturated rings. The van der Waals surface area contributed by atoms with Crippen molar-refractivity contribution < 1.29 is 85.1 Å². The van der Waals surface area contributed by atoms with E-state index >= 15 is 0 Å². The van der Waals surface area contributed by atoms with Gasteiger partial charge in [-0.05, 0) is 24.3 Å². The average molecular weight is 312 g/mol. The number of rotatable bonds is 4. The molecular weight excluding hydrogens is 306 g/mol. The van der Waals surface area contributed by atoms with Crippen molar-refractivity contribution in [2.45, 2.75) is 4.90 Å². The maximum absolute atomic E-state index is 10.5. The second-order valence-electron chi connectivity index (χ2n) is 2.66. The number of hydrazine groups is 1. The minimum atomic E-state index is -4.65. The van der Waals surface area contributed by atoms with Gasteiger partial charge in [0.1, 0.15) is 10.1 Å². The number of hydrogen-bond donors (Lipinski definition) is 2. The molecule has 0 saturated carbocycles. The Labute approximate surface area is 149 Å². The first-order valence-corrected chi connectivity index (χ1v) is 6.55. The molecular formula is C6H6N2Na2O6S2. The van der Waals surface area contributed by atoms with Crippen molar-refractivity contribution in [3.63, 3.8) is 0 Å². The predicted octanol–water partition coefficient (Wildman–Crippen LogP) is -7.02. The van der Waals surface area contributed by atoms with Crippen LogP contribution in [0.1, 0.15) is 0 Å². The van der Waals surface area contributed by atoms with Crippen molar-refractivity contribution in [1.29, 1.82) is 0 Å². The van der Waals surface area contributed by atoms with Crippen molar-refractivity contribution >= 4 is 26.1 Å². The van der Waals surface area contributed by atoms with Crippen molar-refractivity contribution in [3.8, 4) is 0 Å². The molecule has 0 aromatic heterocycles. The van der Waals surface area contributed by atoms with Gasteiger partial charge >= 0.3 is 59.1 Å². The fourth-order valence-electron chi connectivity index (χ4n) is 0.826. The first-order chi connectivity index (χ1) is 7.18. The Morgan fingerprint density at radius 2 is 1.33 bits per heavy atom. The number of nitrogens with one attached hydrogen (secondary N) is 2. The second-order valence-corrected chi connectivity index (χ2v) is 5.15. The fourth-order valence-corrected chi connectivity index (χ4v) is 1.54. The maximum Gasteiger partial charge on any atom is 1.00 e. The van der Waals surface area contributed by atoms with Gasteiger partial charge in [0.15, 0.2) is 10.3 Å². The van der Waals surface area contributed by atoms with Crippen LogP contribution in [0.15, 0.2) is 29.2 Å². The summed E-state index contributed by atoms with van der Waals surface area (Å²) in [5.74, 6) is 0. The smallest absolute Gasteiger partial charge is 0.744 e. The molecule has 18 heavy (non-hydrogen) atoms. The van der Waals surface area contributed by atoms with Crippen molar-refractivity contribution in [2.24, 2.45) is 0 Å². The summed E-state index contributed by atoms with van der Waals surface area (Å²) in [4.78, 5) is 0.980. The van der Waals surface area contributed by atoms with E-state index in [9.17, 15) is 25.9 Å². The summed E-state index contributed by atoms with van der Waals surface area (Å²) in [5, 5.41) is 0. The van der Waals surface area contributed by atoms with Gasteiger partial charge in [-0.25, -0.2) is 16.8 Å². The molecule has 0 atom stereocenters. The largest absolute Gasteiger partial charge is 1.00 e. The molecule has 0 amide bonds. The third kappa shape index (κ3) is 8.07. The molecule has 12 heteroatoms. The molecule has 0 heterocycles. The van der Waals surface area contributed by atoms with Crippen LogP contribution in [0.3, 0.4) is 0 Å². The van der Waals surface area contributed by atoms with E-state index < -0.39 is 25.3 Å². The van der Waals surface area contributed by atoms with E-state index in [-0.39, 0.29) is 64.8 Å². The van der Waals surface area contributed by atoms with Gasteiger partial charge in [0, 0.05) is 5.69 Å². The number of hydrogen-bond acceptors (Lipinski definition) is 7. The van der Waals surface area contributed by atoms with Gasteiger partial charge in [0.05, 0.1) is 4.90 Å². The molecule has 0 radical (unpaired) electrons. The Hall–Kier alpha value is 0.800. The Kier molecular flexibility index (Phi) is 9.58. The topological polar surface area (TPSA) is 138 Å². The Morgan fingerprint density at radius 1 is 0.889 bits per heavy atom. The fraction of sp³-hybridized carbons (Fsp3) is 0. The van der Waals surface area contributed by atoms with Gasteiger partial charge in [0.2, 0.25) is 0 Å². The third-order valence-electron chi connectivity index (χ3n) is 1.46. The van der Waals surface area contributed by atoms with Crippen LogP contribution in [-0.4, -0.2) is 25.9 Å². The zero-order valence-corrected chi connectivity index (χ0v) is 15.2. The third-order valence-corrected chi connectivity index (χ3v) is 2.66. The normalized spacial score (nSPS) is 11.0.